The lowest BCUT2D eigenvalue weighted by Crippen LogP contribution is -2.09. The van der Waals surface area contributed by atoms with E-state index in [1.807, 2.05) is 6.07 Å². The third-order valence-corrected chi connectivity index (χ3v) is 3.22. The number of hydrogen-bond acceptors (Lipinski definition) is 2. The summed E-state index contributed by atoms with van der Waals surface area (Å²) < 4.78 is 6.00. The van der Waals surface area contributed by atoms with Crippen molar-refractivity contribution >= 4 is 33.3 Å². The fraction of sp³-hybridized carbons (Fsp3) is 0.250. The van der Waals surface area contributed by atoms with Crippen molar-refractivity contribution in [1.82, 2.24) is 0 Å². The molecular formula is C12H10BrClO2. The topological polar surface area (TPSA) is 26.3 Å². The predicted octanol–water partition coefficient (Wildman–Crippen LogP) is 3.98. The lowest BCUT2D eigenvalue weighted by atomic mass is 10.00. The maximum Gasteiger partial charge on any atom is 0.193 e. The standard InChI is InChI=1S/C12H10BrClO2/c13-9-3-4-11(14)10(6-9)12(15)8-2-1-5-16-7-8/h3-4,6-7H,1-2,5H2. The smallest absolute Gasteiger partial charge is 0.193 e. The Labute approximate surface area is 107 Å². The molecule has 1 aromatic carbocycles. The van der Waals surface area contributed by atoms with Crippen LogP contribution in [0.1, 0.15) is 23.2 Å². The van der Waals surface area contributed by atoms with Crippen LogP contribution in [0.4, 0.5) is 0 Å². The highest BCUT2D eigenvalue weighted by molar-refractivity contribution is 9.10. The van der Waals surface area contributed by atoms with E-state index in [9.17, 15) is 4.79 Å². The predicted molar refractivity (Wildman–Crippen MR) is 66.8 cm³/mol. The monoisotopic (exact) mass is 300 g/mol. The average molecular weight is 302 g/mol. The van der Waals surface area contributed by atoms with Gasteiger partial charge in [-0.05, 0) is 31.0 Å². The number of rotatable bonds is 2. The van der Waals surface area contributed by atoms with Crippen LogP contribution in [-0.4, -0.2) is 12.4 Å². The van der Waals surface area contributed by atoms with E-state index in [0.717, 1.165) is 17.3 Å². The van der Waals surface area contributed by atoms with E-state index in [2.05, 4.69) is 15.9 Å². The summed E-state index contributed by atoms with van der Waals surface area (Å²) in [5.74, 6) is -0.0500. The van der Waals surface area contributed by atoms with Gasteiger partial charge in [0.2, 0.25) is 0 Å². The van der Waals surface area contributed by atoms with Crippen LogP contribution in [0.2, 0.25) is 5.02 Å². The minimum atomic E-state index is -0.0500. The van der Waals surface area contributed by atoms with Gasteiger partial charge in [0, 0.05) is 15.6 Å². The quantitative estimate of drug-likeness (QED) is 0.772. The van der Waals surface area contributed by atoms with Gasteiger partial charge in [-0.15, -0.1) is 0 Å². The molecule has 4 heteroatoms. The first kappa shape index (κ1) is 11.7. The van der Waals surface area contributed by atoms with Gasteiger partial charge in [-0.3, -0.25) is 4.79 Å². The van der Waals surface area contributed by atoms with Crippen molar-refractivity contribution in [2.45, 2.75) is 12.8 Å². The Morgan fingerprint density at radius 1 is 1.44 bits per heavy atom. The number of benzene rings is 1. The molecule has 1 aliphatic rings. The average Bonchev–Trinajstić information content (AvgIpc) is 2.32. The van der Waals surface area contributed by atoms with E-state index < -0.39 is 0 Å². The van der Waals surface area contributed by atoms with Gasteiger partial charge < -0.3 is 4.74 Å². The molecule has 1 heterocycles. The van der Waals surface area contributed by atoms with Gasteiger partial charge in [0.05, 0.1) is 17.9 Å². The minimum absolute atomic E-state index is 0.0500. The number of ether oxygens (including phenoxy) is 1. The molecule has 0 fully saturated rings. The summed E-state index contributed by atoms with van der Waals surface area (Å²) in [6.45, 7) is 0.684. The van der Waals surface area contributed by atoms with E-state index in [0.29, 0.717) is 22.8 Å². The van der Waals surface area contributed by atoms with Crippen LogP contribution >= 0.6 is 27.5 Å². The number of ketones is 1. The molecule has 0 spiro atoms. The van der Waals surface area contributed by atoms with E-state index >= 15 is 0 Å². The Morgan fingerprint density at radius 2 is 2.25 bits per heavy atom. The molecule has 1 aliphatic heterocycles. The molecular weight excluding hydrogens is 291 g/mol. The first-order valence-electron chi connectivity index (χ1n) is 4.99. The second kappa shape index (κ2) is 5.02. The van der Waals surface area contributed by atoms with Gasteiger partial charge in [0.1, 0.15) is 0 Å². The molecule has 0 N–H and O–H groups in total. The maximum absolute atomic E-state index is 12.1. The molecule has 0 radical (unpaired) electrons. The summed E-state index contributed by atoms with van der Waals surface area (Å²) >= 11 is 9.33. The highest BCUT2D eigenvalue weighted by Gasteiger charge is 2.18. The van der Waals surface area contributed by atoms with Crippen molar-refractivity contribution in [3.63, 3.8) is 0 Å². The summed E-state index contributed by atoms with van der Waals surface area (Å²) in [5.41, 5.74) is 1.21. The van der Waals surface area contributed by atoms with Crippen LogP contribution in [0.5, 0.6) is 0 Å². The molecule has 0 bridgehead atoms. The van der Waals surface area contributed by atoms with Crippen LogP contribution in [0.15, 0.2) is 34.5 Å². The lowest BCUT2D eigenvalue weighted by molar-refractivity contribution is 0.101. The molecule has 0 aliphatic carbocycles. The highest BCUT2D eigenvalue weighted by Crippen LogP contribution is 2.25. The van der Waals surface area contributed by atoms with Crippen LogP contribution in [0.25, 0.3) is 0 Å². The Hall–Kier alpha value is -0.800. The number of halogens is 2. The Bertz CT molecular complexity index is 454. The van der Waals surface area contributed by atoms with Gasteiger partial charge in [-0.2, -0.15) is 0 Å². The van der Waals surface area contributed by atoms with Crippen molar-refractivity contribution in [2.75, 3.05) is 6.61 Å². The first-order valence-corrected chi connectivity index (χ1v) is 6.16. The van der Waals surface area contributed by atoms with Crippen LogP contribution < -0.4 is 0 Å². The fourth-order valence-electron chi connectivity index (χ4n) is 1.58. The number of allylic oxidation sites excluding steroid dienone is 1. The van der Waals surface area contributed by atoms with Gasteiger partial charge in [0.15, 0.2) is 5.78 Å². The molecule has 0 aromatic heterocycles. The number of Topliss-reactive ketones (excluding diaryl/α,β-unsaturated/α-hetero) is 1. The fourth-order valence-corrected chi connectivity index (χ4v) is 2.14. The van der Waals surface area contributed by atoms with E-state index in [4.69, 9.17) is 16.3 Å². The van der Waals surface area contributed by atoms with E-state index in [-0.39, 0.29) is 5.78 Å². The molecule has 0 unspecified atom stereocenters. The van der Waals surface area contributed by atoms with Gasteiger partial charge in [-0.1, -0.05) is 27.5 Å². The first-order chi connectivity index (χ1) is 7.68. The lowest BCUT2D eigenvalue weighted by Gasteiger charge is -2.13. The van der Waals surface area contributed by atoms with Crippen LogP contribution in [-0.2, 0) is 4.74 Å². The van der Waals surface area contributed by atoms with Gasteiger partial charge >= 0.3 is 0 Å². The highest BCUT2D eigenvalue weighted by atomic mass is 79.9. The summed E-state index contributed by atoms with van der Waals surface area (Å²) in [5, 5.41) is 0.472. The zero-order valence-electron chi connectivity index (χ0n) is 8.50. The summed E-state index contributed by atoms with van der Waals surface area (Å²) in [4.78, 5) is 12.1. The van der Waals surface area contributed by atoms with Crippen molar-refractivity contribution < 1.29 is 9.53 Å². The summed E-state index contributed by atoms with van der Waals surface area (Å²) in [7, 11) is 0. The molecule has 0 atom stereocenters. The molecule has 2 nitrogen and oxygen atoms in total. The molecule has 0 saturated carbocycles. The van der Waals surface area contributed by atoms with Gasteiger partial charge in [-0.25, -0.2) is 0 Å². The minimum Gasteiger partial charge on any atom is -0.501 e. The number of carbonyl (C=O) groups is 1. The SMILES string of the molecule is O=C(C1=COCCC1)c1cc(Br)ccc1Cl. The maximum atomic E-state index is 12.1. The Kier molecular flexibility index (Phi) is 3.66. The van der Waals surface area contributed by atoms with Crippen molar-refractivity contribution in [2.24, 2.45) is 0 Å². The third kappa shape index (κ3) is 2.47. The zero-order chi connectivity index (χ0) is 11.5. The number of carbonyl (C=O) groups excluding carboxylic acids is 1. The van der Waals surface area contributed by atoms with Crippen molar-refractivity contribution in [3.05, 3.63) is 45.1 Å². The zero-order valence-corrected chi connectivity index (χ0v) is 10.8. The Morgan fingerprint density at radius 3 is 2.94 bits per heavy atom. The molecule has 84 valence electrons. The molecule has 0 amide bonds. The second-order valence-electron chi connectivity index (χ2n) is 3.57. The molecule has 0 saturated heterocycles. The molecule has 16 heavy (non-hydrogen) atoms. The third-order valence-electron chi connectivity index (χ3n) is 2.40. The Balaban J connectivity index is 2.33. The largest absolute Gasteiger partial charge is 0.501 e. The normalized spacial score (nSPS) is 15.2. The van der Waals surface area contributed by atoms with Crippen LogP contribution in [0, 0.1) is 0 Å². The van der Waals surface area contributed by atoms with Crippen molar-refractivity contribution in [3.8, 4) is 0 Å². The van der Waals surface area contributed by atoms with Crippen LogP contribution in [0.3, 0.4) is 0 Å². The second-order valence-corrected chi connectivity index (χ2v) is 4.89. The molecule has 1 aromatic rings. The van der Waals surface area contributed by atoms with E-state index in [1.165, 1.54) is 0 Å². The van der Waals surface area contributed by atoms with E-state index in [1.54, 1.807) is 18.4 Å². The number of hydrogen-bond donors (Lipinski definition) is 0. The summed E-state index contributed by atoms with van der Waals surface area (Å²) in [6.07, 6.45) is 3.17. The summed E-state index contributed by atoms with van der Waals surface area (Å²) in [6, 6.07) is 5.26. The molecule has 2 rings (SSSR count). The van der Waals surface area contributed by atoms with Gasteiger partial charge in [0.25, 0.3) is 0 Å². The van der Waals surface area contributed by atoms with Crippen molar-refractivity contribution in [1.29, 1.82) is 0 Å².